The van der Waals surface area contributed by atoms with Crippen molar-refractivity contribution in [2.75, 3.05) is 44.4 Å². The monoisotopic (exact) mass is 347 g/mol. The van der Waals surface area contributed by atoms with Crippen LogP contribution in [0.4, 0.5) is 17.5 Å². The molecule has 5 heteroatoms. The summed E-state index contributed by atoms with van der Waals surface area (Å²) in [4.78, 5) is 13.7. The van der Waals surface area contributed by atoms with Gasteiger partial charge >= 0.3 is 0 Å². The van der Waals surface area contributed by atoms with Gasteiger partial charge in [0.25, 0.3) is 0 Å². The first-order valence-corrected chi connectivity index (χ1v) is 8.75. The minimum absolute atomic E-state index is 0.671. The van der Waals surface area contributed by atoms with Crippen LogP contribution in [0.25, 0.3) is 11.3 Å². The Morgan fingerprint density at radius 1 is 0.846 bits per heavy atom. The van der Waals surface area contributed by atoms with Crippen LogP contribution in [-0.4, -0.2) is 49.1 Å². The topological polar surface area (TPSA) is 44.3 Å². The summed E-state index contributed by atoms with van der Waals surface area (Å²) in [5, 5.41) is 3.41. The van der Waals surface area contributed by atoms with Gasteiger partial charge in [-0.1, -0.05) is 48.5 Å². The van der Waals surface area contributed by atoms with Crippen molar-refractivity contribution < 1.29 is 0 Å². The lowest BCUT2D eigenvalue weighted by Crippen LogP contribution is -2.21. The third-order valence-electron chi connectivity index (χ3n) is 4.09. The molecule has 0 fully saturated rings. The smallest absolute Gasteiger partial charge is 0.232 e. The van der Waals surface area contributed by atoms with Crippen molar-refractivity contribution in [3.63, 3.8) is 0 Å². The van der Waals surface area contributed by atoms with Crippen LogP contribution in [0, 0.1) is 0 Å². The quantitative estimate of drug-likeness (QED) is 0.702. The molecule has 1 heterocycles. The van der Waals surface area contributed by atoms with E-state index in [0.717, 1.165) is 35.9 Å². The van der Waals surface area contributed by atoms with Gasteiger partial charge < -0.3 is 15.1 Å². The number of nitrogens with one attached hydrogen (secondary N) is 1. The predicted molar refractivity (Wildman–Crippen MR) is 109 cm³/mol. The second-order valence-electron chi connectivity index (χ2n) is 6.43. The van der Waals surface area contributed by atoms with Gasteiger partial charge in [0.2, 0.25) is 5.95 Å². The Hall–Kier alpha value is -2.92. The van der Waals surface area contributed by atoms with Crippen LogP contribution in [0.5, 0.6) is 0 Å². The molecule has 0 spiro atoms. The van der Waals surface area contributed by atoms with Gasteiger partial charge in [-0.15, -0.1) is 0 Å². The molecule has 2 aromatic carbocycles. The van der Waals surface area contributed by atoms with Crippen LogP contribution in [-0.2, 0) is 0 Å². The van der Waals surface area contributed by atoms with Crippen LogP contribution < -0.4 is 10.2 Å². The van der Waals surface area contributed by atoms with Crippen molar-refractivity contribution in [2.24, 2.45) is 0 Å². The first-order valence-electron chi connectivity index (χ1n) is 8.75. The third kappa shape index (κ3) is 4.58. The van der Waals surface area contributed by atoms with Gasteiger partial charge in [-0.2, -0.15) is 4.98 Å². The third-order valence-corrected chi connectivity index (χ3v) is 4.09. The van der Waals surface area contributed by atoms with Crippen LogP contribution in [0.2, 0.25) is 0 Å². The summed E-state index contributed by atoms with van der Waals surface area (Å²) in [5.74, 6) is 1.50. The molecule has 0 radical (unpaired) electrons. The average Bonchev–Trinajstić information content (AvgIpc) is 2.68. The Kier molecular flexibility index (Phi) is 5.81. The van der Waals surface area contributed by atoms with Crippen molar-refractivity contribution >= 4 is 17.5 Å². The predicted octanol–water partition coefficient (Wildman–Crippen LogP) is 3.89. The molecule has 0 amide bonds. The maximum atomic E-state index is 4.79. The second-order valence-corrected chi connectivity index (χ2v) is 6.43. The van der Waals surface area contributed by atoms with Crippen LogP contribution in [0.3, 0.4) is 0 Å². The van der Waals surface area contributed by atoms with Crippen molar-refractivity contribution in [3.8, 4) is 11.3 Å². The number of aromatic nitrogens is 2. The SMILES string of the molecule is CN(C)CCNc1cc(-c2ccccc2)nc(N(C)c2ccccc2)n1. The Morgan fingerprint density at radius 2 is 1.50 bits per heavy atom. The zero-order valence-corrected chi connectivity index (χ0v) is 15.6. The molecule has 1 aromatic heterocycles. The normalized spacial score (nSPS) is 10.8. The first kappa shape index (κ1) is 17.9. The van der Waals surface area contributed by atoms with Gasteiger partial charge in [0, 0.05) is 37.5 Å². The highest BCUT2D eigenvalue weighted by molar-refractivity contribution is 5.66. The number of rotatable bonds is 7. The molecule has 0 aliphatic carbocycles. The van der Waals surface area contributed by atoms with E-state index in [0.29, 0.717) is 5.95 Å². The minimum atomic E-state index is 0.671. The number of nitrogens with zero attached hydrogens (tertiary/aromatic N) is 4. The van der Waals surface area contributed by atoms with Gasteiger partial charge in [0.05, 0.1) is 5.69 Å². The van der Waals surface area contributed by atoms with E-state index in [-0.39, 0.29) is 0 Å². The summed E-state index contributed by atoms with van der Waals surface area (Å²) in [5.41, 5.74) is 3.04. The Balaban J connectivity index is 1.94. The van der Waals surface area contributed by atoms with E-state index in [1.807, 2.05) is 54.4 Å². The molecule has 3 aromatic rings. The summed E-state index contributed by atoms with van der Waals surface area (Å²) in [6.07, 6.45) is 0. The largest absolute Gasteiger partial charge is 0.369 e. The number of benzene rings is 2. The summed E-state index contributed by atoms with van der Waals surface area (Å²) in [7, 11) is 6.11. The lowest BCUT2D eigenvalue weighted by molar-refractivity contribution is 0.425. The van der Waals surface area contributed by atoms with Crippen molar-refractivity contribution in [1.82, 2.24) is 14.9 Å². The fourth-order valence-electron chi connectivity index (χ4n) is 2.61. The molecule has 26 heavy (non-hydrogen) atoms. The average molecular weight is 347 g/mol. The number of hydrogen-bond donors (Lipinski definition) is 1. The summed E-state index contributed by atoms with van der Waals surface area (Å²) < 4.78 is 0. The second kappa shape index (κ2) is 8.45. The molecular weight excluding hydrogens is 322 g/mol. The van der Waals surface area contributed by atoms with Crippen LogP contribution >= 0.6 is 0 Å². The molecule has 0 atom stereocenters. The highest BCUT2D eigenvalue weighted by atomic mass is 15.3. The zero-order valence-electron chi connectivity index (χ0n) is 15.6. The van der Waals surface area contributed by atoms with Crippen molar-refractivity contribution in [2.45, 2.75) is 0 Å². The Labute approximate surface area is 155 Å². The zero-order chi connectivity index (χ0) is 18.4. The fraction of sp³-hybridized carbons (Fsp3) is 0.238. The van der Waals surface area contributed by atoms with Crippen molar-refractivity contribution in [3.05, 3.63) is 66.7 Å². The maximum absolute atomic E-state index is 4.79. The summed E-state index contributed by atoms with van der Waals surface area (Å²) in [6, 6.07) is 22.4. The molecule has 0 unspecified atom stereocenters. The lowest BCUT2D eigenvalue weighted by atomic mass is 10.1. The molecule has 1 N–H and O–H groups in total. The minimum Gasteiger partial charge on any atom is -0.369 e. The Bertz CT molecular complexity index is 818. The first-order chi connectivity index (χ1) is 12.6. The van der Waals surface area contributed by atoms with Gasteiger partial charge in [-0.25, -0.2) is 4.98 Å². The molecule has 5 nitrogen and oxygen atoms in total. The van der Waals surface area contributed by atoms with Crippen molar-refractivity contribution in [1.29, 1.82) is 0 Å². The Morgan fingerprint density at radius 3 is 2.15 bits per heavy atom. The number of para-hydroxylation sites is 1. The van der Waals surface area contributed by atoms with E-state index in [1.54, 1.807) is 0 Å². The number of likely N-dealkylation sites (N-methyl/N-ethyl adjacent to an activating group) is 1. The number of anilines is 3. The molecule has 0 bridgehead atoms. The van der Waals surface area contributed by atoms with Gasteiger partial charge in [0.15, 0.2) is 0 Å². The fourth-order valence-corrected chi connectivity index (χ4v) is 2.61. The maximum Gasteiger partial charge on any atom is 0.232 e. The standard InChI is InChI=1S/C21H25N5/c1-25(2)15-14-22-20-16-19(17-10-6-4-7-11-17)23-21(24-20)26(3)18-12-8-5-9-13-18/h4-13,16H,14-15H2,1-3H3,(H,22,23,24). The lowest BCUT2D eigenvalue weighted by Gasteiger charge is -2.19. The van der Waals surface area contributed by atoms with E-state index in [4.69, 9.17) is 9.97 Å². The van der Waals surface area contributed by atoms with Crippen LogP contribution in [0.1, 0.15) is 0 Å². The molecular formula is C21H25N5. The highest BCUT2D eigenvalue weighted by Crippen LogP contribution is 2.26. The molecule has 0 saturated carbocycles. The van der Waals surface area contributed by atoms with E-state index in [2.05, 4.69) is 48.6 Å². The van der Waals surface area contributed by atoms with E-state index in [9.17, 15) is 0 Å². The molecule has 0 aliphatic heterocycles. The van der Waals surface area contributed by atoms with Gasteiger partial charge in [-0.05, 0) is 26.2 Å². The highest BCUT2D eigenvalue weighted by Gasteiger charge is 2.11. The van der Waals surface area contributed by atoms with Gasteiger partial charge in [-0.3, -0.25) is 0 Å². The summed E-state index contributed by atoms with van der Waals surface area (Å²) in [6.45, 7) is 1.77. The van der Waals surface area contributed by atoms with E-state index in [1.165, 1.54) is 0 Å². The summed E-state index contributed by atoms with van der Waals surface area (Å²) >= 11 is 0. The van der Waals surface area contributed by atoms with Gasteiger partial charge in [0.1, 0.15) is 5.82 Å². The van der Waals surface area contributed by atoms with E-state index < -0.39 is 0 Å². The molecule has 0 saturated heterocycles. The number of hydrogen-bond acceptors (Lipinski definition) is 5. The van der Waals surface area contributed by atoms with Crippen LogP contribution in [0.15, 0.2) is 66.7 Å². The molecule has 3 rings (SSSR count). The van der Waals surface area contributed by atoms with E-state index >= 15 is 0 Å². The molecule has 134 valence electrons. The molecule has 0 aliphatic rings.